The Bertz CT molecular complexity index is 845. The SMILES string of the molecule is CC(C)c1ccccc1NC(=O)c1cccc(C(=O)NCCN2CCOCC2)c1. The van der Waals surface area contributed by atoms with Crippen molar-refractivity contribution in [1.82, 2.24) is 10.2 Å². The molecule has 0 atom stereocenters. The zero-order chi connectivity index (χ0) is 20.6. The molecule has 1 aliphatic rings. The number of amides is 2. The average Bonchev–Trinajstić information content (AvgIpc) is 2.74. The summed E-state index contributed by atoms with van der Waals surface area (Å²) < 4.78 is 5.33. The zero-order valence-electron chi connectivity index (χ0n) is 17.1. The van der Waals surface area contributed by atoms with Gasteiger partial charge in [-0.1, -0.05) is 38.1 Å². The first-order valence-electron chi connectivity index (χ1n) is 10.1. The van der Waals surface area contributed by atoms with E-state index in [-0.39, 0.29) is 11.8 Å². The van der Waals surface area contributed by atoms with Crippen LogP contribution in [0.15, 0.2) is 48.5 Å². The number of benzene rings is 2. The van der Waals surface area contributed by atoms with Crippen LogP contribution in [0.5, 0.6) is 0 Å². The second-order valence-electron chi connectivity index (χ2n) is 7.49. The Labute approximate surface area is 172 Å². The van der Waals surface area contributed by atoms with Gasteiger partial charge in [-0.15, -0.1) is 0 Å². The molecule has 1 fully saturated rings. The molecule has 1 saturated heterocycles. The van der Waals surface area contributed by atoms with Crippen molar-refractivity contribution in [3.05, 3.63) is 65.2 Å². The molecular formula is C23H29N3O3. The van der Waals surface area contributed by atoms with E-state index in [2.05, 4.69) is 29.4 Å². The van der Waals surface area contributed by atoms with Gasteiger partial charge in [-0.2, -0.15) is 0 Å². The molecule has 0 aromatic heterocycles. The number of rotatable bonds is 7. The Balaban J connectivity index is 1.59. The van der Waals surface area contributed by atoms with Crippen molar-refractivity contribution >= 4 is 17.5 Å². The Morgan fingerprint density at radius 3 is 2.41 bits per heavy atom. The molecule has 0 aliphatic carbocycles. The molecule has 3 rings (SSSR count). The predicted octanol–water partition coefficient (Wildman–Crippen LogP) is 3.12. The summed E-state index contributed by atoms with van der Waals surface area (Å²) in [5, 5.41) is 5.90. The maximum Gasteiger partial charge on any atom is 0.255 e. The van der Waals surface area contributed by atoms with E-state index in [1.165, 1.54) is 0 Å². The van der Waals surface area contributed by atoms with Gasteiger partial charge in [0.15, 0.2) is 0 Å². The van der Waals surface area contributed by atoms with Crippen LogP contribution < -0.4 is 10.6 Å². The van der Waals surface area contributed by atoms with Crippen LogP contribution in [0.4, 0.5) is 5.69 Å². The van der Waals surface area contributed by atoms with Gasteiger partial charge >= 0.3 is 0 Å². The molecule has 2 aromatic carbocycles. The molecule has 2 amide bonds. The standard InChI is InChI=1S/C23H29N3O3/c1-17(2)20-8-3-4-9-21(20)25-23(28)19-7-5-6-18(16-19)22(27)24-10-11-26-12-14-29-15-13-26/h3-9,16-17H,10-15H2,1-2H3,(H,24,27)(H,25,28). The Kier molecular flexibility index (Phi) is 7.38. The monoisotopic (exact) mass is 395 g/mol. The topological polar surface area (TPSA) is 70.7 Å². The van der Waals surface area contributed by atoms with Gasteiger partial charge in [-0.05, 0) is 35.7 Å². The fourth-order valence-corrected chi connectivity index (χ4v) is 3.36. The summed E-state index contributed by atoms with van der Waals surface area (Å²) in [6, 6.07) is 14.6. The number of anilines is 1. The first-order chi connectivity index (χ1) is 14.0. The van der Waals surface area contributed by atoms with Crippen molar-refractivity contribution in [2.75, 3.05) is 44.7 Å². The zero-order valence-corrected chi connectivity index (χ0v) is 17.1. The molecule has 2 aromatic rings. The van der Waals surface area contributed by atoms with Crippen LogP contribution in [0, 0.1) is 0 Å². The number of hydrogen-bond donors (Lipinski definition) is 2. The van der Waals surface area contributed by atoms with Gasteiger partial charge in [0.1, 0.15) is 0 Å². The summed E-state index contributed by atoms with van der Waals surface area (Å²) in [5.41, 5.74) is 2.83. The van der Waals surface area contributed by atoms with Gasteiger partial charge in [0.2, 0.25) is 0 Å². The minimum atomic E-state index is -0.221. The molecule has 0 bridgehead atoms. The van der Waals surface area contributed by atoms with Gasteiger partial charge < -0.3 is 15.4 Å². The summed E-state index contributed by atoms with van der Waals surface area (Å²) in [6.45, 7) is 8.81. The van der Waals surface area contributed by atoms with Gasteiger partial charge in [0.05, 0.1) is 13.2 Å². The van der Waals surface area contributed by atoms with Crippen molar-refractivity contribution in [2.45, 2.75) is 19.8 Å². The highest BCUT2D eigenvalue weighted by Crippen LogP contribution is 2.24. The van der Waals surface area contributed by atoms with E-state index >= 15 is 0 Å². The highest BCUT2D eigenvalue weighted by Gasteiger charge is 2.14. The van der Waals surface area contributed by atoms with E-state index in [1.807, 2.05) is 24.3 Å². The molecular weight excluding hydrogens is 366 g/mol. The molecule has 6 nitrogen and oxygen atoms in total. The van der Waals surface area contributed by atoms with Crippen molar-refractivity contribution in [2.24, 2.45) is 0 Å². The minimum absolute atomic E-state index is 0.171. The Morgan fingerprint density at radius 2 is 1.69 bits per heavy atom. The largest absolute Gasteiger partial charge is 0.379 e. The number of carbonyl (C=O) groups is 2. The third-order valence-electron chi connectivity index (χ3n) is 5.04. The molecule has 2 N–H and O–H groups in total. The van der Waals surface area contributed by atoms with Crippen molar-refractivity contribution in [3.8, 4) is 0 Å². The summed E-state index contributed by atoms with van der Waals surface area (Å²) in [5.74, 6) is -0.0911. The van der Waals surface area contributed by atoms with E-state index in [4.69, 9.17) is 4.74 Å². The van der Waals surface area contributed by atoms with Crippen molar-refractivity contribution in [1.29, 1.82) is 0 Å². The first kappa shape index (κ1) is 21.0. The lowest BCUT2D eigenvalue weighted by atomic mass is 10.0. The predicted molar refractivity (Wildman–Crippen MR) is 115 cm³/mol. The summed E-state index contributed by atoms with van der Waals surface area (Å²) in [4.78, 5) is 27.5. The second kappa shape index (κ2) is 10.2. The van der Waals surface area contributed by atoms with Crippen LogP contribution >= 0.6 is 0 Å². The number of para-hydroxylation sites is 1. The van der Waals surface area contributed by atoms with Gasteiger partial charge in [-0.25, -0.2) is 0 Å². The van der Waals surface area contributed by atoms with Crippen molar-refractivity contribution in [3.63, 3.8) is 0 Å². The molecule has 0 unspecified atom stereocenters. The maximum absolute atomic E-state index is 12.7. The average molecular weight is 396 g/mol. The summed E-state index contributed by atoms with van der Waals surface area (Å²) >= 11 is 0. The van der Waals surface area contributed by atoms with Crippen LogP contribution in [-0.2, 0) is 4.74 Å². The molecule has 154 valence electrons. The molecule has 6 heteroatoms. The van der Waals surface area contributed by atoms with E-state index in [0.29, 0.717) is 23.6 Å². The number of nitrogens with one attached hydrogen (secondary N) is 2. The Morgan fingerprint density at radius 1 is 1.00 bits per heavy atom. The van der Waals surface area contributed by atoms with Gasteiger partial charge in [0.25, 0.3) is 11.8 Å². The number of morpholine rings is 1. The highest BCUT2D eigenvalue weighted by atomic mass is 16.5. The lowest BCUT2D eigenvalue weighted by molar-refractivity contribution is 0.0383. The third-order valence-corrected chi connectivity index (χ3v) is 5.04. The molecule has 0 spiro atoms. The molecule has 1 aliphatic heterocycles. The van der Waals surface area contributed by atoms with Crippen LogP contribution in [0.25, 0.3) is 0 Å². The van der Waals surface area contributed by atoms with E-state index in [0.717, 1.165) is 44.1 Å². The summed E-state index contributed by atoms with van der Waals surface area (Å²) in [6.07, 6.45) is 0. The number of carbonyl (C=O) groups excluding carboxylic acids is 2. The van der Waals surface area contributed by atoms with Gasteiger partial charge in [0, 0.05) is 43.0 Å². The fourth-order valence-electron chi connectivity index (χ4n) is 3.36. The highest BCUT2D eigenvalue weighted by molar-refractivity contribution is 6.06. The lowest BCUT2D eigenvalue weighted by Crippen LogP contribution is -2.41. The van der Waals surface area contributed by atoms with E-state index in [9.17, 15) is 9.59 Å². The van der Waals surface area contributed by atoms with Crippen LogP contribution in [0.1, 0.15) is 46.0 Å². The normalized spacial score (nSPS) is 14.6. The quantitative estimate of drug-likeness (QED) is 0.756. The smallest absolute Gasteiger partial charge is 0.255 e. The molecule has 1 heterocycles. The van der Waals surface area contributed by atoms with E-state index in [1.54, 1.807) is 24.3 Å². The molecule has 0 saturated carbocycles. The van der Waals surface area contributed by atoms with E-state index < -0.39 is 0 Å². The maximum atomic E-state index is 12.7. The third kappa shape index (κ3) is 5.89. The van der Waals surface area contributed by atoms with Gasteiger partial charge in [-0.3, -0.25) is 14.5 Å². The Hall–Kier alpha value is -2.70. The van der Waals surface area contributed by atoms with Crippen LogP contribution in [0.3, 0.4) is 0 Å². The lowest BCUT2D eigenvalue weighted by Gasteiger charge is -2.26. The minimum Gasteiger partial charge on any atom is -0.379 e. The first-order valence-corrected chi connectivity index (χ1v) is 10.1. The fraction of sp³-hybridized carbons (Fsp3) is 0.391. The number of ether oxygens (including phenoxy) is 1. The molecule has 0 radical (unpaired) electrons. The van der Waals surface area contributed by atoms with Crippen LogP contribution in [-0.4, -0.2) is 56.1 Å². The second-order valence-corrected chi connectivity index (χ2v) is 7.49. The number of nitrogens with zero attached hydrogens (tertiary/aromatic N) is 1. The summed E-state index contributed by atoms with van der Waals surface area (Å²) in [7, 11) is 0. The van der Waals surface area contributed by atoms with Crippen LogP contribution in [0.2, 0.25) is 0 Å². The number of hydrogen-bond acceptors (Lipinski definition) is 4. The van der Waals surface area contributed by atoms with Crippen molar-refractivity contribution < 1.29 is 14.3 Å². The molecule has 29 heavy (non-hydrogen) atoms.